The Morgan fingerprint density at radius 1 is 1.33 bits per heavy atom. The van der Waals surface area contributed by atoms with Gasteiger partial charge in [-0.3, -0.25) is 4.79 Å². The van der Waals surface area contributed by atoms with E-state index >= 15 is 0 Å². The number of aliphatic carboxylic acids is 1. The summed E-state index contributed by atoms with van der Waals surface area (Å²) in [6.45, 7) is 7.48. The summed E-state index contributed by atoms with van der Waals surface area (Å²) in [5.74, 6) is -0.0970. The molecule has 1 heterocycles. The molecule has 1 unspecified atom stereocenters. The molecular weight excluding hydrogens is 232 g/mol. The van der Waals surface area contributed by atoms with E-state index in [1.165, 1.54) is 0 Å². The van der Waals surface area contributed by atoms with Crippen molar-refractivity contribution in [3.05, 3.63) is 0 Å². The lowest BCUT2D eigenvalue weighted by atomic mass is 9.97. The summed E-state index contributed by atoms with van der Waals surface area (Å²) in [4.78, 5) is 26.1. The van der Waals surface area contributed by atoms with E-state index in [1.54, 1.807) is 9.80 Å². The molecule has 2 amide bonds. The highest BCUT2D eigenvalue weighted by molar-refractivity contribution is 5.76. The molecule has 1 saturated heterocycles. The van der Waals surface area contributed by atoms with E-state index in [0.29, 0.717) is 19.0 Å². The minimum absolute atomic E-state index is 0.0183. The third kappa shape index (κ3) is 3.89. The molecular formula is C13H24N2O3. The van der Waals surface area contributed by atoms with Crippen LogP contribution < -0.4 is 0 Å². The van der Waals surface area contributed by atoms with Crippen LogP contribution in [0, 0.1) is 11.8 Å². The molecule has 5 heteroatoms. The Morgan fingerprint density at radius 2 is 1.89 bits per heavy atom. The molecule has 0 bridgehead atoms. The first kappa shape index (κ1) is 14.8. The second kappa shape index (κ2) is 6.07. The lowest BCUT2D eigenvalue weighted by molar-refractivity contribution is -0.139. The van der Waals surface area contributed by atoms with Gasteiger partial charge in [0.15, 0.2) is 0 Å². The number of carboxylic acids is 1. The summed E-state index contributed by atoms with van der Waals surface area (Å²) in [5.41, 5.74) is 0. The van der Waals surface area contributed by atoms with E-state index in [9.17, 15) is 9.59 Å². The third-order valence-electron chi connectivity index (χ3n) is 3.47. The van der Waals surface area contributed by atoms with Crippen LogP contribution in [0.4, 0.5) is 4.79 Å². The van der Waals surface area contributed by atoms with Crippen molar-refractivity contribution in [3.8, 4) is 0 Å². The van der Waals surface area contributed by atoms with E-state index in [-0.39, 0.29) is 24.4 Å². The van der Waals surface area contributed by atoms with Crippen molar-refractivity contribution in [2.75, 3.05) is 20.1 Å². The van der Waals surface area contributed by atoms with Crippen LogP contribution in [-0.2, 0) is 4.79 Å². The van der Waals surface area contributed by atoms with E-state index < -0.39 is 5.97 Å². The zero-order valence-electron chi connectivity index (χ0n) is 11.7. The molecule has 0 aliphatic carbocycles. The van der Waals surface area contributed by atoms with Gasteiger partial charge in [-0.05, 0) is 19.3 Å². The van der Waals surface area contributed by atoms with Gasteiger partial charge in [0.2, 0.25) is 0 Å². The normalized spacial score (nSPS) is 17.5. The fourth-order valence-electron chi connectivity index (χ4n) is 2.35. The summed E-state index contributed by atoms with van der Waals surface area (Å²) in [5, 5.41) is 8.66. The van der Waals surface area contributed by atoms with Crippen molar-refractivity contribution in [2.24, 2.45) is 11.8 Å². The van der Waals surface area contributed by atoms with Gasteiger partial charge in [0.25, 0.3) is 0 Å². The van der Waals surface area contributed by atoms with Crippen LogP contribution in [0.5, 0.6) is 0 Å². The van der Waals surface area contributed by atoms with Crippen molar-refractivity contribution in [1.82, 2.24) is 9.80 Å². The van der Waals surface area contributed by atoms with Crippen LogP contribution >= 0.6 is 0 Å². The fourth-order valence-corrected chi connectivity index (χ4v) is 2.35. The first-order valence-corrected chi connectivity index (χ1v) is 6.54. The van der Waals surface area contributed by atoms with Gasteiger partial charge in [-0.2, -0.15) is 0 Å². The Kier molecular flexibility index (Phi) is 4.99. The molecule has 5 nitrogen and oxygen atoms in total. The summed E-state index contributed by atoms with van der Waals surface area (Å²) in [6.07, 6.45) is 1.14. The van der Waals surface area contributed by atoms with Crippen LogP contribution in [0.3, 0.4) is 0 Å². The maximum atomic E-state index is 12.1. The van der Waals surface area contributed by atoms with Crippen LogP contribution in [0.2, 0.25) is 0 Å². The van der Waals surface area contributed by atoms with E-state index in [2.05, 4.69) is 13.8 Å². The average molecular weight is 256 g/mol. The van der Waals surface area contributed by atoms with Crippen molar-refractivity contribution < 1.29 is 14.7 Å². The molecule has 1 atom stereocenters. The molecule has 18 heavy (non-hydrogen) atoms. The van der Waals surface area contributed by atoms with Gasteiger partial charge in [0, 0.05) is 32.1 Å². The highest BCUT2D eigenvalue weighted by atomic mass is 16.4. The number of urea groups is 1. The standard InChI is InChI=1S/C13H24N2O3/c1-9(2)5-10(3)14(4)13(18)15-7-11(8-15)6-12(16)17/h9-11H,5-8H2,1-4H3,(H,16,17). The molecule has 0 aromatic carbocycles. The lowest BCUT2D eigenvalue weighted by Crippen LogP contribution is -2.56. The van der Waals surface area contributed by atoms with Gasteiger partial charge in [0.05, 0.1) is 6.42 Å². The first-order valence-electron chi connectivity index (χ1n) is 6.54. The number of carboxylic acid groups (broad SMARTS) is 1. The first-order chi connectivity index (χ1) is 8.31. The third-order valence-corrected chi connectivity index (χ3v) is 3.47. The SMILES string of the molecule is CC(C)CC(C)N(C)C(=O)N1CC(CC(=O)O)C1. The van der Waals surface area contributed by atoms with Crippen molar-refractivity contribution in [2.45, 2.75) is 39.7 Å². The lowest BCUT2D eigenvalue weighted by Gasteiger charge is -2.42. The molecule has 0 aromatic rings. The van der Waals surface area contributed by atoms with Crippen LogP contribution in [-0.4, -0.2) is 53.1 Å². The predicted molar refractivity (Wildman–Crippen MR) is 69.4 cm³/mol. The largest absolute Gasteiger partial charge is 0.481 e. The van der Waals surface area contributed by atoms with Gasteiger partial charge in [-0.25, -0.2) is 4.79 Å². The van der Waals surface area contributed by atoms with E-state index in [1.807, 2.05) is 14.0 Å². The Hall–Kier alpha value is -1.26. The molecule has 104 valence electrons. The Morgan fingerprint density at radius 3 is 2.33 bits per heavy atom. The van der Waals surface area contributed by atoms with Gasteiger partial charge >= 0.3 is 12.0 Å². The van der Waals surface area contributed by atoms with Crippen LogP contribution in [0.15, 0.2) is 0 Å². The van der Waals surface area contributed by atoms with Gasteiger partial charge in [0.1, 0.15) is 0 Å². The van der Waals surface area contributed by atoms with Crippen molar-refractivity contribution in [1.29, 1.82) is 0 Å². The molecule has 1 fully saturated rings. The molecule has 0 aromatic heterocycles. The minimum atomic E-state index is -0.784. The maximum Gasteiger partial charge on any atom is 0.320 e. The molecule has 1 rings (SSSR count). The Bertz CT molecular complexity index is 311. The summed E-state index contributed by atoms with van der Waals surface area (Å²) in [7, 11) is 1.82. The monoisotopic (exact) mass is 256 g/mol. The van der Waals surface area contributed by atoms with Crippen LogP contribution in [0.25, 0.3) is 0 Å². The smallest absolute Gasteiger partial charge is 0.320 e. The molecule has 1 N–H and O–H groups in total. The second-order valence-corrected chi connectivity index (χ2v) is 5.74. The summed E-state index contributed by atoms with van der Waals surface area (Å²) >= 11 is 0. The van der Waals surface area contributed by atoms with Crippen molar-refractivity contribution >= 4 is 12.0 Å². The predicted octanol–water partition coefficient (Wildman–Crippen LogP) is 1.88. The quantitative estimate of drug-likeness (QED) is 0.817. The number of hydrogen-bond acceptors (Lipinski definition) is 2. The highest BCUT2D eigenvalue weighted by Gasteiger charge is 2.34. The topological polar surface area (TPSA) is 60.9 Å². The number of nitrogens with zero attached hydrogens (tertiary/aromatic N) is 2. The minimum Gasteiger partial charge on any atom is -0.481 e. The molecule has 0 spiro atoms. The zero-order chi connectivity index (χ0) is 13.9. The molecule has 0 saturated carbocycles. The summed E-state index contributed by atoms with van der Waals surface area (Å²) < 4.78 is 0. The molecule has 1 aliphatic heterocycles. The Labute approximate surface area is 109 Å². The van der Waals surface area contributed by atoms with Crippen LogP contribution in [0.1, 0.15) is 33.6 Å². The number of likely N-dealkylation sites (tertiary alicyclic amines) is 1. The van der Waals surface area contributed by atoms with Gasteiger partial charge < -0.3 is 14.9 Å². The number of carbonyl (C=O) groups excluding carboxylic acids is 1. The summed E-state index contributed by atoms with van der Waals surface area (Å²) in [6, 6.07) is 0.237. The zero-order valence-corrected chi connectivity index (χ0v) is 11.7. The maximum absolute atomic E-state index is 12.1. The number of hydrogen-bond donors (Lipinski definition) is 1. The van der Waals surface area contributed by atoms with E-state index in [0.717, 1.165) is 6.42 Å². The highest BCUT2D eigenvalue weighted by Crippen LogP contribution is 2.21. The number of amides is 2. The van der Waals surface area contributed by atoms with E-state index in [4.69, 9.17) is 5.11 Å². The van der Waals surface area contributed by atoms with Crippen molar-refractivity contribution in [3.63, 3.8) is 0 Å². The number of rotatable bonds is 5. The molecule has 0 radical (unpaired) electrons. The van der Waals surface area contributed by atoms with Gasteiger partial charge in [-0.15, -0.1) is 0 Å². The number of carbonyl (C=O) groups is 2. The Balaban J connectivity index is 2.36. The second-order valence-electron chi connectivity index (χ2n) is 5.74. The fraction of sp³-hybridized carbons (Fsp3) is 0.846. The average Bonchev–Trinajstić information content (AvgIpc) is 2.19. The van der Waals surface area contributed by atoms with Gasteiger partial charge in [-0.1, -0.05) is 13.8 Å². The molecule has 1 aliphatic rings.